The molecule has 7 heteroatoms. The van der Waals surface area contributed by atoms with Gasteiger partial charge in [-0.1, -0.05) is 84.9 Å². The van der Waals surface area contributed by atoms with Gasteiger partial charge in [0, 0.05) is 22.7 Å². The quantitative estimate of drug-likeness (QED) is 0.150. The van der Waals surface area contributed by atoms with Crippen molar-refractivity contribution < 1.29 is 14.3 Å². The molecule has 0 radical (unpaired) electrons. The van der Waals surface area contributed by atoms with Gasteiger partial charge in [0.15, 0.2) is 6.61 Å². The van der Waals surface area contributed by atoms with Gasteiger partial charge in [-0.15, -0.1) is 0 Å². The minimum Gasteiger partial charge on any atom is -0.489 e. The van der Waals surface area contributed by atoms with Crippen LogP contribution in [0.5, 0.6) is 11.5 Å². The third kappa shape index (κ3) is 6.37. The second kappa shape index (κ2) is 12.7. The van der Waals surface area contributed by atoms with E-state index in [9.17, 15) is 4.79 Å². The summed E-state index contributed by atoms with van der Waals surface area (Å²) in [5.41, 5.74) is 6.94. The zero-order chi connectivity index (χ0) is 28.6. The van der Waals surface area contributed by atoms with Gasteiger partial charge in [-0.05, 0) is 53.4 Å². The Morgan fingerprint density at radius 3 is 2.31 bits per heavy atom. The molecule has 6 aromatic rings. The molecule has 0 aliphatic rings. The highest BCUT2D eigenvalue weighted by atomic mass is 16.5. The second-order valence-electron chi connectivity index (χ2n) is 9.57. The van der Waals surface area contributed by atoms with Crippen molar-refractivity contribution in [3.8, 4) is 28.4 Å². The molecule has 0 unspecified atom stereocenters. The van der Waals surface area contributed by atoms with Gasteiger partial charge in [0.2, 0.25) is 0 Å². The van der Waals surface area contributed by atoms with E-state index in [0.717, 1.165) is 44.6 Å². The molecule has 0 saturated carbocycles. The largest absolute Gasteiger partial charge is 0.489 e. The van der Waals surface area contributed by atoms with Crippen molar-refractivity contribution in [2.24, 2.45) is 5.10 Å². The van der Waals surface area contributed by atoms with Crippen LogP contribution in [-0.2, 0) is 11.4 Å². The molecule has 0 aliphatic carbocycles. The van der Waals surface area contributed by atoms with Crippen LogP contribution in [0.4, 0.5) is 0 Å². The van der Waals surface area contributed by atoms with E-state index >= 15 is 0 Å². The Morgan fingerprint density at radius 1 is 0.786 bits per heavy atom. The molecule has 0 fully saturated rings. The number of ether oxygens (including phenoxy) is 2. The maximum Gasteiger partial charge on any atom is 0.277 e. The number of para-hydroxylation sites is 1. The number of hydrogen-bond donors (Lipinski definition) is 1. The molecule has 0 spiro atoms. The smallest absolute Gasteiger partial charge is 0.277 e. The minimum absolute atomic E-state index is 0.161. The molecule has 0 saturated heterocycles. The van der Waals surface area contributed by atoms with Crippen molar-refractivity contribution in [2.75, 3.05) is 6.61 Å². The standard InChI is InChI=1S/C35H28N4O3/c40-34(25-42-33-17-9-13-27-12-7-8-16-32(27)33)37-36-22-29-23-39(30-14-5-2-6-15-30)38-35(29)28-18-20-31(21-19-28)41-24-26-10-3-1-4-11-26/h1-23H,24-25H2,(H,37,40)/b36-22-. The van der Waals surface area contributed by atoms with E-state index < -0.39 is 0 Å². The van der Waals surface area contributed by atoms with Crippen molar-refractivity contribution in [2.45, 2.75) is 6.61 Å². The van der Waals surface area contributed by atoms with E-state index in [2.05, 4.69) is 10.5 Å². The number of rotatable bonds is 10. The number of carbonyl (C=O) groups is 1. The first-order chi connectivity index (χ1) is 20.7. The van der Waals surface area contributed by atoms with Crippen LogP contribution >= 0.6 is 0 Å². The van der Waals surface area contributed by atoms with E-state index in [-0.39, 0.29) is 12.5 Å². The normalized spacial score (nSPS) is 11.0. The van der Waals surface area contributed by atoms with Crippen LogP contribution in [0.1, 0.15) is 11.1 Å². The number of nitrogens with one attached hydrogen (secondary N) is 1. The molecule has 6 rings (SSSR count). The summed E-state index contributed by atoms with van der Waals surface area (Å²) in [4.78, 5) is 12.5. The summed E-state index contributed by atoms with van der Waals surface area (Å²) < 4.78 is 13.5. The fourth-order valence-electron chi connectivity index (χ4n) is 4.54. The van der Waals surface area contributed by atoms with Crippen molar-refractivity contribution in [3.05, 3.63) is 145 Å². The molecule has 0 bridgehead atoms. The molecule has 1 N–H and O–H groups in total. The SMILES string of the molecule is O=C(COc1cccc2ccccc12)N/N=C\c1cn(-c2ccccc2)nc1-c1ccc(OCc2ccccc2)cc1. The number of amides is 1. The van der Waals surface area contributed by atoms with Gasteiger partial charge >= 0.3 is 0 Å². The number of nitrogens with zero attached hydrogens (tertiary/aromatic N) is 3. The Hall–Kier alpha value is -5.69. The first kappa shape index (κ1) is 26.5. The summed E-state index contributed by atoms with van der Waals surface area (Å²) in [7, 11) is 0. The summed E-state index contributed by atoms with van der Waals surface area (Å²) in [6.07, 6.45) is 3.48. The van der Waals surface area contributed by atoms with Gasteiger partial charge in [-0.2, -0.15) is 10.2 Å². The highest BCUT2D eigenvalue weighted by molar-refractivity contribution is 5.90. The Morgan fingerprint density at radius 2 is 1.50 bits per heavy atom. The molecule has 42 heavy (non-hydrogen) atoms. The minimum atomic E-state index is -0.365. The van der Waals surface area contributed by atoms with Gasteiger partial charge in [0.1, 0.15) is 23.8 Å². The highest BCUT2D eigenvalue weighted by Crippen LogP contribution is 2.26. The Labute approximate surface area is 243 Å². The van der Waals surface area contributed by atoms with Gasteiger partial charge in [0.25, 0.3) is 5.91 Å². The van der Waals surface area contributed by atoms with Crippen LogP contribution in [0, 0.1) is 0 Å². The van der Waals surface area contributed by atoms with Crippen LogP contribution in [0.15, 0.2) is 139 Å². The summed E-state index contributed by atoms with van der Waals surface area (Å²) in [5, 5.41) is 11.0. The van der Waals surface area contributed by atoms with E-state index in [1.165, 1.54) is 0 Å². The van der Waals surface area contributed by atoms with Gasteiger partial charge in [-0.25, -0.2) is 10.1 Å². The van der Waals surface area contributed by atoms with Crippen molar-refractivity contribution in [3.63, 3.8) is 0 Å². The number of hydrazone groups is 1. The number of hydrogen-bond acceptors (Lipinski definition) is 5. The number of carbonyl (C=O) groups excluding carboxylic acids is 1. The molecule has 5 aromatic carbocycles. The fraction of sp³-hybridized carbons (Fsp3) is 0.0571. The van der Waals surface area contributed by atoms with Crippen molar-refractivity contribution in [1.29, 1.82) is 0 Å². The maximum absolute atomic E-state index is 12.5. The number of aromatic nitrogens is 2. The van der Waals surface area contributed by atoms with Gasteiger partial charge in [0.05, 0.1) is 11.9 Å². The first-order valence-corrected chi connectivity index (χ1v) is 13.6. The van der Waals surface area contributed by atoms with E-state index in [0.29, 0.717) is 12.4 Å². The van der Waals surface area contributed by atoms with Gasteiger partial charge in [-0.3, -0.25) is 4.79 Å². The Bertz CT molecular complexity index is 1810. The molecule has 1 aromatic heterocycles. The highest BCUT2D eigenvalue weighted by Gasteiger charge is 2.12. The number of benzene rings is 5. The van der Waals surface area contributed by atoms with Crippen molar-refractivity contribution in [1.82, 2.24) is 15.2 Å². The summed E-state index contributed by atoms with van der Waals surface area (Å²) >= 11 is 0. The predicted octanol–water partition coefficient (Wildman–Crippen LogP) is 6.80. The maximum atomic E-state index is 12.5. The molecule has 0 atom stereocenters. The average molecular weight is 553 g/mol. The topological polar surface area (TPSA) is 77.7 Å². The van der Waals surface area contributed by atoms with Crippen LogP contribution in [0.3, 0.4) is 0 Å². The monoisotopic (exact) mass is 552 g/mol. The zero-order valence-electron chi connectivity index (χ0n) is 22.8. The summed E-state index contributed by atoms with van der Waals surface area (Å²) in [5.74, 6) is 1.05. The molecular weight excluding hydrogens is 524 g/mol. The summed E-state index contributed by atoms with van der Waals surface area (Å²) in [6.45, 7) is 0.330. The lowest BCUT2D eigenvalue weighted by Gasteiger charge is -2.08. The lowest BCUT2D eigenvalue weighted by atomic mass is 10.1. The Balaban J connectivity index is 1.16. The second-order valence-corrected chi connectivity index (χ2v) is 9.57. The number of fused-ring (bicyclic) bond motifs is 1. The molecule has 0 aliphatic heterocycles. The lowest BCUT2D eigenvalue weighted by molar-refractivity contribution is -0.123. The van der Waals surface area contributed by atoms with E-state index in [1.54, 1.807) is 10.9 Å². The Kier molecular flexibility index (Phi) is 7.99. The fourth-order valence-corrected chi connectivity index (χ4v) is 4.54. The molecule has 1 amide bonds. The van der Waals surface area contributed by atoms with Crippen LogP contribution in [-0.4, -0.2) is 28.5 Å². The van der Waals surface area contributed by atoms with Crippen LogP contribution in [0.25, 0.3) is 27.7 Å². The van der Waals surface area contributed by atoms with Gasteiger partial charge < -0.3 is 9.47 Å². The van der Waals surface area contributed by atoms with E-state index in [4.69, 9.17) is 14.6 Å². The molecule has 1 heterocycles. The first-order valence-electron chi connectivity index (χ1n) is 13.6. The van der Waals surface area contributed by atoms with Crippen LogP contribution in [0.2, 0.25) is 0 Å². The molecule has 7 nitrogen and oxygen atoms in total. The molecular formula is C35H28N4O3. The van der Waals surface area contributed by atoms with E-state index in [1.807, 2.05) is 134 Å². The zero-order valence-corrected chi connectivity index (χ0v) is 22.8. The third-order valence-electron chi connectivity index (χ3n) is 6.64. The van der Waals surface area contributed by atoms with Crippen LogP contribution < -0.4 is 14.9 Å². The lowest BCUT2D eigenvalue weighted by Crippen LogP contribution is -2.24. The predicted molar refractivity (Wildman–Crippen MR) is 165 cm³/mol. The summed E-state index contributed by atoms with van der Waals surface area (Å²) in [6, 6.07) is 41.3. The average Bonchev–Trinajstić information content (AvgIpc) is 3.48. The third-order valence-corrected chi connectivity index (χ3v) is 6.64. The van der Waals surface area contributed by atoms with Crippen molar-refractivity contribution >= 4 is 22.9 Å². The molecule has 206 valence electrons.